The van der Waals surface area contributed by atoms with Gasteiger partial charge in [0.1, 0.15) is 9.88 Å². The zero-order valence-electron chi connectivity index (χ0n) is 9.30. The van der Waals surface area contributed by atoms with Crippen LogP contribution in [0.4, 0.5) is 0 Å². The number of carboxylic acids is 1. The number of benzene rings is 1. The topological polar surface area (TPSA) is 76.2 Å². The number of carboxylic acid groups (broad SMARTS) is 1. The fourth-order valence-electron chi connectivity index (χ4n) is 1.56. The van der Waals surface area contributed by atoms with E-state index in [0.29, 0.717) is 10.7 Å². The number of carbonyl (C=O) groups is 1. The van der Waals surface area contributed by atoms with E-state index in [1.165, 1.54) is 0 Å². The van der Waals surface area contributed by atoms with E-state index in [-0.39, 0.29) is 11.4 Å². The molecule has 0 atom stereocenters. The summed E-state index contributed by atoms with van der Waals surface area (Å²) in [6, 6.07) is 7.80. The van der Waals surface area contributed by atoms with Gasteiger partial charge in [-0.1, -0.05) is 23.8 Å². The molecule has 4 nitrogen and oxygen atoms in total. The molecule has 17 heavy (non-hydrogen) atoms. The summed E-state index contributed by atoms with van der Waals surface area (Å²) in [5.74, 6) is -0.971. The number of nitrogens with two attached hydrogens (primary N) is 1. The minimum Gasteiger partial charge on any atom is -0.477 e. The normalized spacial score (nSPS) is 10.5. The Bertz CT molecular complexity index is 563. The van der Waals surface area contributed by atoms with Crippen LogP contribution in [-0.2, 0) is 6.54 Å². The van der Waals surface area contributed by atoms with Crippen molar-refractivity contribution in [1.29, 1.82) is 0 Å². The third-order valence-corrected chi connectivity index (χ3v) is 3.48. The number of aryl methyl sites for hydroxylation is 1. The maximum Gasteiger partial charge on any atom is 0.347 e. The monoisotopic (exact) mass is 248 g/mol. The second-order valence-corrected chi connectivity index (χ2v) is 4.67. The van der Waals surface area contributed by atoms with Gasteiger partial charge in [0.25, 0.3) is 0 Å². The highest BCUT2D eigenvalue weighted by Crippen LogP contribution is 2.28. The van der Waals surface area contributed by atoms with Crippen LogP contribution in [-0.4, -0.2) is 16.1 Å². The van der Waals surface area contributed by atoms with Crippen molar-refractivity contribution >= 4 is 17.3 Å². The van der Waals surface area contributed by atoms with Gasteiger partial charge in [0, 0.05) is 12.1 Å². The van der Waals surface area contributed by atoms with E-state index < -0.39 is 5.97 Å². The fraction of sp³-hybridized carbons (Fsp3) is 0.167. The summed E-state index contributed by atoms with van der Waals surface area (Å²) >= 11 is 1.16. The van der Waals surface area contributed by atoms with Gasteiger partial charge in [-0.25, -0.2) is 9.78 Å². The predicted molar refractivity (Wildman–Crippen MR) is 67.1 cm³/mol. The second kappa shape index (κ2) is 4.65. The van der Waals surface area contributed by atoms with Gasteiger partial charge < -0.3 is 10.8 Å². The molecule has 2 rings (SSSR count). The van der Waals surface area contributed by atoms with Crippen LogP contribution < -0.4 is 5.73 Å². The summed E-state index contributed by atoms with van der Waals surface area (Å²) in [4.78, 5) is 15.5. The molecule has 0 radical (unpaired) electrons. The smallest absolute Gasteiger partial charge is 0.347 e. The van der Waals surface area contributed by atoms with Gasteiger partial charge in [0.05, 0.1) is 5.69 Å². The van der Waals surface area contributed by atoms with Crippen LogP contribution in [0.15, 0.2) is 24.3 Å². The van der Waals surface area contributed by atoms with Gasteiger partial charge in [-0.2, -0.15) is 0 Å². The van der Waals surface area contributed by atoms with Crippen LogP contribution in [0.2, 0.25) is 0 Å². The molecule has 1 heterocycles. The quantitative estimate of drug-likeness (QED) is 0.873. The van der Waals surface area contributed by atoms with E-state index in [9.17, 15) is 4.79 Å². The minimum atomic E-state index is -0.971. The number of aromatic nitrogens is 1. The molecule has 0 saturated heterocycles. The summed E-state index contributed by atoms with van der Waals surface area (Å²) in [6.07, 6.45) is 0. The molecule has 0 fully saturated rings. The molecule has 2 aromatic rings. The van der Waals surface area contributed by atoms with Crippen molar-refractivity contribution in [2.75, 3.05) is 0 Å². The fourth-order valence-corrected chi connectivity index (χ4v) is 2.49. The number of nitrogens with zero attached hydrogens (tertiary/aromatic N) is 1. The Morgan fingerprint density at radius 3 is 2.82 bits per heavy atom. The maximum atomic E-state index is 11.0. The van der Waals surface area contributed by atoms with Crippen LogP contribution in [0.25, 0.3) is 10.6 Å². The van der Waals surface area contributed by atoms with E-state index in [4.69, 9.17) is 10.8 Å². The number of rotatable bonds is 3. The highest BCUT2D eigenvalue weighted by atomic mass is 32.1. The summed E-state index contributed by atoms with van der Waals surface area (Å²) < 4.78 is 0. The van der Waals surface area contributed by atoms with Crippen LogP contribution in [0.1, 0.15) is 20.9 Å². The Morgan fingerprint density at radius 2 is 2.29 bits per heavy atom. The van der Waals surface area contributed by atoms with Crippen LogP contribution in [0, 0.1) is 6.92 Å². The minimum absolute atomic E-state index is 0.143. The number of hydrogen-bond acceptors (Lipinski definition) is 4. The number of hydrogen-bond donors (Lipinski definition) is 2. The Labute approximate surface area is 103 Å². The van der Waals surface area contributed by atoms with Gasteiger partial charge in [-0.05, 0) is 13.0 Å². The van der Waals surface area contributed by atoms with Crippen molar-refractivity contribution in [1.82, 2.24) is 4.98 Å². The Morgan fingerprint density at radius 1 is 1.53 bits per heavy atom. The summed E-state index contributed by atoms with van der Waals surface area (Å²) in [5, 5.41) is 9.73. The lowest BCUT2D eigenvalue weighted by Gasteiger charge is -1.96. The van der Waals surface area contributed by atoms with E-state index in [1.54, 1.807) is 0 Å². The molecular formula is C12H12N2O2S. The third kappa shape index (κ3) is 2.35. The molecule has 0 amide bonds. The van der Waals surface area contributed by atoms with Crippen molar-refractivity contribution < 1.29 is 9.90 Å². The largest absolute Gasteiger partial charge is 0.477 e. The zero-order valence-corrected chi connectivity index (χ0v) is 10.1. The van der Waals surface area contributed by atoms with Gasteiger partial charge in [0.2, 0.25) is 0 Å². The summed E-state index contributed by atoms with van der Waals surface area (Å²) in [7, 11) is 0. The van der Waals surface area contributed by atoms with Crippen molar-refractivity contribution in [2.45, 2.75) is 13.5 Å². The Hall–Kier alpha value is -1.72. The lowest BCUT2D eigenvalue weighted by atomic mass is 10.1. The Balaban J connectivity index is 2.50. The average molecular weight is 248 g/mol. The first kappa shape index (κ1) is 11.8. The van der Waals surface area contributed by atoms with Crippen LogP contribution in [0.5, 0.6) is 0 Å². The molecule has 0 aliphatic rings. The third-order valence-electron chi connectivity index (χ3n) is 2.35. The van der Waals surface area contributed by atoms with E-state index in [1.807, 2.05) is 31.2 Å². The highest BCUT2D eigenvalue weighted by Gasteiger charge is 2.16. The van der Waals surface area contributed by atoms with Gasteiger partial charge in [-0.15, -0.1) is 11.3 Å². The van der Waals surface area contributed by atoms with E-state index in [2.05, 4.69) is 4.98 Å². The summed E-state index contributed by atoms with van der Waals surface area (Å²) in [6.45, 7) is 2.13. The predicted octanol–water partition coefficient (Wildman–Crippen LogP) is 2.28. The molecule has 1 aromatic heterocycles. The number of aromatic carboxylic acids is 1. The standard InChI is InChI=1S/C12H12N2O2S/c1-7-3-2-4-8(5-7)11-14-9(6-13)10(17-11)12(15)16/h2-5H,6,13H2,1H3,(H,15,16). The van der Waals surface area contributed by atoms with Crippen molar-refractivity contribution in [3.05, 3.63) is 40.4 Å². The molecular weight excluding hydrogens is 236 g/mol. The van der Waals surface area contributed by atoms with Gasteiger partial charge in [-0.3, -0.25) is 0 Å². The van der Waals surface area contributed by atoms with Gasteiger partial charge >= 0.3 is 5.97 Å². The number of thiazole rings is 1. The first-order valence-corrected chi connectivity index (χ1v) is 5.93. The van der Waals surface area contributed by atoms with Crippen molar-refractivity contribution in [2.24, 2.45) is 5.73 Å². The molecule has 0 saturated carbocycles. The van der Waals surface area contributed by atoms with Crippen molar-refractivity contribution in [3.63, 3.8) is 0 Å². The molecule has 0 unspecified atom stereocenters. The highest BCUT2D eigenvalue weighted by molar-refractivity contribution is 7.17. The second-order valence-electron chi connectivity index (χ2n) is 3.67. The lowest BCUT2D eigenvalue weighted by Crippen LogP contribution is -2.04. The summed E-state index contributed by atoms with van der Waals surface area (Å²) in [5.41, 5.74) is 7.98. The van der Waals surface area contributed by atoms with Crippen LogP contribution in [0.3, 0.4) is 0 Å². The molecule has 0 aliphatic carbocycles. The van der Waals surface area contributed by atoms with Gasteiger partial charge in [0.15, 0.2) is 0 Å². The lowest BCUT2D eigenvalue weighted by molar-refractivity contribution is 0.0700. The first-order chi connectivity index (χ1) is 8.11. The zero-order chi connectivity index (χ0) is 12.4. The van der Waals surface area contributed by atoms with Crippen molar-refractivity contribution in [3.8, 4) is 10.6 Å². The molecule has 0 spiro atoms. The molecule has 3 N–H and O–H groups in total. The molecule has 0 aliphatic heterocycles. The maximum absolute atomic E-state index is 11.0. The molecule has 0 bridgehead atoms. The average Bonchev–Trinajstić information content (AvgIpc) is 2.73. The van der Waals surface area contributed by atoms with E-state index in [0.717, 1.165) is 22.5 Å². The molecule has 1 aromatic carbocycles. The Kier molecular flexibility index (Phi) is 3.21. The van der Waals surface area contributed by atoms with E-state index >= 15 is 0 Å². The molecule has 5 heteroatoms. The molecule has 88 valence electrons. The first-order valence-electron chi connectivity index (χ1n) is 5.12. The van der Waals surface area contributed by atoms with Crippen LogP contribution >= 0.6 is 11.3 Å². The SMILES string of the molecule is Cc1cccc(-c2nc(CN)c(C(=O)O)s2)c1.